The zero-order valence-corrected chi connectivity index (χ0v) is 30.0. The summed E-state index contributed by atoms with van der Waals surface area (Å²) in [6.07, 6.45) is 7.69. The van der Waals surface area contributed by atoms with E-state index < -0.39 is 8.07 Å². The van der Waals surface area contributed by atoms with E-state index in [0.717, 1.165) is 81.9 Å². The normalized spacial score (nSPS) is 18.8. The molecule has 1 spiro atoms. The molecular weight excluding hydrogens is 639 g/mol. The molecule has 1 aliphatic heterocycles. The average Bonchev–Trinajstić information content (AvgIpc) is 3.59. The van der Waals surface area contributed by atoms with Gasteiger partial charge in [0.2, 0.25) is 5.91 Å². The number of unbranched alkanes of at least 4 members (excludes halogenated alkanes) is 2. The Balaban J connectivity index is 1.58. The second-order valence-electron chi connectivity index (χ2n) is 14.0. The second kappa shape index (κ2) is 15.6. The van der Waals surface area contributed by atoms with Crippen molar-refractivity contribution in [2.45, 2.75) is 110 Å². The zero-order chi connectivity index (χ0) is 31.9. The Bertz CT molecular complexity index is 1250. The SMILES string of the molecule is CCC(=O)CCCCCC(NC(=O)[C@H]1CC12CCN(CC)CC2)c1c(Br)nc(-c2ccc(F)cc2)n1COCC[Si](C)(C)C. The number of nitrogens with one attached hydrogen (secondary N) is 1. The molecule has 2 fully saturated rings. The first kappa shape index (κ1) is 35.0. The van der Waals surface area contributed by atoms with Crippen LogP contribution in [0.4, 0.5) is 4.39 Å². The summed E-state index contributed by atoms with van der Waals surface area (Å²) >= 11 is 3.74. The van der Waals surface area contributed by atoms with Crippen LogP contribution < -0.4 is 5.32 Å². The molecule has 1 unspecified atom stereocenters. The molecular formula is C34H52BrFN4O3Si. The number of amides is 1. The van der Waals surface area contributed by atoms with Crippen LogP contribution in [0.5, 0.6) is 0 Å². The number of hydrogen-bond donors (Lipinski definition) is 1. The van der Waals surface area contributed by atoms with Crippen molar-refractivity contribution >= 4 is 35.7 Å². The molecule has 7 nitrogen and oxygen atoms in total. The molecule has 1 amide bonds. The van der Waals surface area contributed by atoms with Gasteiger partial charge in [-0.25, -0.2) is 9.37 Å². The summed E-state index contributed by atoms with van der Waals surface area (Å²) in [5, 5.41) is 3.45. The van der Waals surface area contributed by atoms with Crippen molar-refractivity contribution in [1.82, 2.24) is 19.8 Å². The van der Waals surface area contributed by atoms with E-state index in [9.17, 15) is 14.0 Å². The molecule has 2 heterocycles. The molecule has 1 aromatic carbocycles. The Kier molecular flexibility index (Phi) is 12.4. The molecule has 1 saturated heterocycles. The number of benzene rings is 1. The Morgan fingerprint density at radius 2 is 1.84 bits per heavy atom. The molecule has 4 rings (SSSR count). The smallest absolute Gasteiger partial charge is 0.224 e. The number of rotatable bonds is 17. The van der Waals surface area contributed by atoms with E-state index in [1.165, 1.54) is 12.1 Å². The predicted octanol–water partition coefficient (Wildman–Crippen LogP) is 7.97. The van der Waals surface area contributed by atoms with Crippen LogP contribution in [0.1, 0.15) is 83.4 Å². The molecule has 10 heteroatoms. The number of carbonyl (C=O) groups is 2. The lowest BCUT2D eigenvalue weighted by atomic mass is 9.90. The van der Waals surface area contributed by atoms with Gasteiger partial charge in [-0.1, -0.05) is 46.3 Å². The minimum absolute atomic E-state index is 0.0471. The van der Waals surface area contributed by atoms with Crippen LogP contribution in [0.3, 0.4) is 0 Å². The van der Waals surface area contributed by atoms with Crippen molar-refractivity contribution in [3.05, 3.63) is 40.4 Å². The number of ketones is 1. The Hall–Kier alpha value is -1.88. The van der Waals surface area contributed by atoms with Crippen molar-refractivity contribution in [2.75, 3.05) is 26.2 Å². The van der Waals surface area contributed by atoms with Crippen LogP contribution in [0, 0.1) is 17.2 Å². The van der Waals surface area contributed by atoms with E-state index in [1.807, 2.05) is 6.92 Å². The summed E-state index contributed by atoms with van der Waals surface area (Å²) in [6, 6.07) is 7.14. The van der Waals surface area contributed by atoms with Crippen LogP contribution in [0.2, 0.25) is 25.7 Å². The van der Waals surface area contributed by atoms with Gasteiger partial charge in [0.15, 0.2) is 0 Å². The van der Waals surface area contributed by atoms with Crippen LogP contribution in [0.25, 0.3) is 11.4 Å². The predicted molar refractivity (Wildman–Crippen MR) is 181 cm³/mol. The van der Waals surface area contributed by atoms with E-state index in [1.54, 1.807) is 12.1 Å². The first-order valence-electron chi connectivity index (χ1n) is 16.6. The highest BCUT2D eigenvalue weighted by molar-refractivity contribution is 9.10. The molecule has 2 atom stereocenters. The number of hydrogen-bond acceptors (Lipinski definition) is 5. The lowest BCUT2D eigenvalue weighted by Crippen LogP contribution is -2.38. The maximum atomic E-state index is 13.9. The van der Waals surface area contributed by atoms with Crippen LogP contribution in [-0.2, 0) is 21.1 Å². The Morgan fingerprint density at radius 1 is 1.14 bits per heavy atom. The van der Waals surface area contributed by atoms with Crippen LogP contribution in [0.15, 0.2) is 28.9 Å². The summed E-state index contributed by atoms with van der Waals surface area (Å²) < 4.78 is 22.8. The van der Waals surface area contributed by atoms with E-state index >= 15 is 0 Å². The Labute approximate surface area is 272 Å². The molecule has 1 aliphatic carbocycles. The number of imidazole rings is 1. The summed E-state index contributed by atoms with van der Waals surface area (Å²) in [6.45, 7) is 15.2. The summed E-state index contributed by atoms with van der Waals surface area (Å²) in [4.78, 5) is 33.1. The van der Waals surface area contributed by atoms with E-state index in [2.05, 4.69) is 57.3 Å². The summed E-state index contributed by atoms with van der Waals surface area (Å²) in [7, 11) is -1.28. The van der Waals surface area contributed by atoms with Gasteiger partial charge in [0.05, 0.1) is 11.7 Å². The van der Waals surface area contributed by atoms with Gasteiger partial charge in [-0.05, 0) is 103 Å². The second-order valence-corrected chi connectivity index (χ2v) is 20.4. The fraction of sp³-hybridized carbons (Fsp3) is 0.676. The largest absolute Gasteiger partial charge is 0.361 e. The van der Waals surface area contributed by atoms with Crippen molar-refractivity contribution in [3.8, 4) is 11.4 Å². The number of ether oxygens (including phenoxy) is 1. The number of carbonyl (C=O) groups excluding carboxylic acids is 2. The molecule has 0 bridgehead atoms. The number of aromatic nitrogens is 2. The van der Waals surface area contributed by atoms with E-state index in [4.69, 9.17) is 9.72 Å². The molecule has 1 N–H and O–H groups in total. The fourth-order valence-corrected chi connectivity index (χ4v) is 7.83. The van der Waals surface area contributed by atoms with Crippen molar-refractivity contribution in [3.63, 3.8) is 0 Å². The number of nitrogens with zero attached hydrogens (tertiary/aromatic N) is 3. The topological polar surface area (TPSA) is 76.5 Å². The minimum atomic E-state index is -1.28. The first-order valence-corrected chi connectivity index (χ1v) is 21.1. The number of likely N-dealkylation sites (tertiary alicyclic amines) is 1. The number of Topliss-reactive ketones (excluding diaryl/α,β-unsaturated/α-hetero) is 1. The highest BCUT2D eigenvalue weighted by atomic mass is 79.9. The first-order chi connectivity index (χ1) is 21.0. The van der Waals surface area contributed by atoms with Crippen molar-refractivity contribution < 1.29 is 18.7 Å². The molecule has 44 heavy (non-hydrogen) atoms. The number of piperidine rings is 1. The van der Waals surface area contributed by atoms with Gasteiger partial charge >= 0.3 is 0 Å². The number of halogens is 2. The van der Waals surface area contributed by atoms with Gasteiger partial charge < -0.3 is 19.5 Å². The Morgan fingerprint density at radius 3 is 2.48 bits per heavy atom. The summed E-state index contributed by atoms with van der Waals surface area (Å²) in [5.41, 5.74) is 1.81. The van der Waals surface area contributed by atoms with Gasteiger partial charge in [-0.3, -0.25) is 9.59 Å². The molecule has 2 aromatic rings. The molecule has 2 aliphatic rings. The minimum Gasteiger partial charge on any atom is -0.361 e. The molecule has 0 radical (unpaired) electrons. The third-order valence-electron chi connectivity index (χ3n) is 9.58. The van der Waals surface area contributed by atoms with Gasteiger partial charge in [-0.15, -0.1) is 0 Å². The quantitative estimate of drug-likeness (QED) is 0.135. The van der Waals surface area contributed by atoms with Gasteiger partial charge in [0.1, 0.15) is 28.8 Å². The highest BCUT2D eigenvalue weighted by Crippen LogP contribution is 2.59. The third-order valence-corrected chi connectivity index (χ3v) is 11.9. The van der Waals surface area contributed by atoms with E-state index in [-0.39, 0.29) is 29.1 Å². The zero-order valence-electron chi connectivity index (χ0n) is 27.4. The highest BCUT2D eigenvalue weighted by Gasteiger charge is 2.58. The van der Waals surface area contributed by atoms with Gasteiger partial charge in [0, 0.05) is 39.0 Å². The standard InChI is InChI=1S/C34H52BrFN4O3Si/c1-6-27(41)11-9-8-10-12-29(37-33(42)28-23-34(28)17-19-39(7-2)20-18-34)30-31(35)38-32(25-13-15-26(36)16-14-25)40(30)24-43-21-22-44(3,4)5/h13-16,28-29H,6-12,17-24H2,1-5H3,(H,37,42)/t28-,29?/m1/s1. The maximum Gasteiger partial charge on any atom is 0.224 e. The van der Waals surface area contributed by atoms with Crippen molar-refractivity contribution in [1.29, 1.82) is 0 Å². The maximum absolute atomic E-state index is 13.9. The lowest BCUT2D eigenvalue weighted by Gasteiger charge is -2.32. The summed E-state index contributed by atoms with van der Waals surface area (Å²) in [5.74, 6) is 0.854. The van der Waals surface area contributed by atoms with Crippen molar-refractivity contribution in [2.24, 2.45) is 11.3 Å². The monoisotopic (exact) mass is 690 g/mol. The van der Waals surface area contributed by atoms with Gasteiger partial charge in [0.25, 0.3) is 0 Å². The van der Waals surface area contributed by atoms with E-state index in [0.29, 0.717) is 42.4 Å². The molecule has 1 saturated carbocycles. The molecule has 244 valence electrons. The van der Waals surface area contributed by atoms with Gasteiger partial charge in [-0.2, -0.15) is 0 Å². The van der Waals surface area contributed by atoms with Crippen LogP contribution in [-0.4, -0.2) is 60.5 Å². The van der Waals surface area contributed by atoms with Crippen LogP contribution >= 0.6 is 15.9 Å². The molecule has 1 aromatic heterocycles. The third kappa shape index (κ3) is 9.33. The fourth-order valence-electron chi connectivity index (χ4n) is 6.41. The average molecular weight is 692 g/mol. The lowest BCUT2D eigenvalue weighted by molar-refractivity contribution is -0.124.